The fourth-order valence-corrected chi connectivity index (χ4v) is 2.69. The van der Waals surface area contributed by atoms with E-state index in [1.165, 1.54) is 4.68 Å². The van der Waals surface area contributed by atoms with E-state index in [9.17, 15) is 4.79 Å². The molecule has 2 aromatic heterocycles. The van der Waals surface area contributed by atoms with Crippen LogP contribution in [-0.2, 0) is 13.1 Å². The molecule has 2 aromatic rings. The topological polar surface area (TPSA) is 67.4 Å². The van der Waals surface area contributed by atoms with E-state index in [2.05, 4.69) is 20.1 Å². The van der Waals surface area contributed by atoms with E-state index in [0.717, 1.165) is 50.0 Å². The van der Waals surface area contributed by atoms with Crippen molar-refractivity contribution in [3.8, 4) is 0 Å². The Kier molecular flexibility index (Phi) is 4.24. The molecule has 0 amide bonds. The minimum Gasteiger partial charge on any atom is -0.361 e. The van der Waals surface area contributed by atoms with Gasteiger partial charge >= 0.3 is 0 Å². The van der Waals surface area contributed by atoms with Gasteiger partial charge in [0.15, 0.2) is 0 Å². The van der Waals surface area contributed by atoms with Crippen LogP contribution in [0.2, 0.25) is 0 Å². The van der Waals surface area contributed by atoms with Crippen LogP contribution in [0.4, 0.5) is 5.82 Å². The molecule has 0 unspecified atom stereocenters. The summed E-state index contributed by atoms with van der Waals surface area (Å²) in [6.07, 6.45) is 0. The van der Waals surface area contributed by atoms with E-state index in [0.29, 0.717) is 6.54 Å². The SMILES string of the molecule is CCn1nc(N2CCN(Cc3cc(C)on3)CC2)ccc1=O. The van der Waals surface area contributed by atoms with Gasteiger partial charge in [0.1, 0.15) is 11.6 Å². The van der Waals surface area contributed by atoms with Crippen molar-refractivity contribution in [3.05, 3.63) is 40.0 Å². The fourth-order valence-electron chi connectivity index (χ4n) is 2.69. The number of hydrogen-bond donors (Lipinski definition) is 0. The number of piperazine rings is 1. The zero-order valence-corrected chi connectivity index (χ0v) is 13.0. The lowest BCUT2D eigenvalue weighted by Crippen LogP contribution is -2.46. The molecule has 7 heteroatoms. The van der Waals surface area contributed by atoms with E-state index in [1.54, 1.807) is 6.07 Å². The first-order valence-corrected chi connectivity index (χ1v) is 7.63. The summed E-state index contributed by atoms with van der Waals surface area (Å²) in [5.74, 6) is 1.72. The van der Waals surface area contributed by atoms with E-state index in [1.807, 2.05) is 26.0 Å². The summed E-state index contributed by atoms with van der Waals surface area (Å²) >= 11 is 0. The second-order valence-corrected chi connectivity index (χ2v) is 5.54. The molecular formula is C15H21N5O2. The maximum Gasteiger partial charge on any atom is 0.266 e. The molecule has 118 valence electrons. The quantitative estimate of drug-likeness (QED) is 0.835. The van der Waals surface area contributed by atoms with Crippen LogP contribution in [0.25, 0.3) is 0 Å². The first-order valence-electron chi connectivity index (χ1n) is 7.63. The van der Waals surface area contributed by atoms with Crippen molar-refractivity contribution in [2.75, 3.05) is 31.1 Å². The van der Waals surface area contributed by atoms with Crippen molar-refractivity contribution < 1.29 is 4.52 Å². The number of nitrogens with zero attached hydrogens (tertiary/aromatic N) is 5. The van der Waals surface area contributed by atoms with Gasteiger partial charge < -0.3 is 9.42 Å². The maximum absolute atomic E-state index is 11.6. The van der Waals surface area contributed by atoms with Gasteiger partial charge in [-0.25, -0.2) is 4.68 Å². The van der Waals surface area contributed by atoms with E-state index >= 15 is 0 Å². The third kappa shape index (κ3) is 3.19. The fraction of sp³-hybridized carbons (Fsp3) is 0.533. The molecule has 1 aliphatic heterocycles. The minimum absolute atomic E-state index is 0.0497. The van der Waals surface area contributed by atoms with Gasteiger partial charge in [-0.1, -0.05) is 5.16 Å². The molecule has 1 aliphatic rings. The summed E-state index contributed by atoms with van der Waals surface area (Å²) in [5.41, 5.74) is 0.926. The van der Waals surface area contributed by atoms with Gasteiger partial charge in [-0.2, -0.15) is 5.10 Å². The Balaban J connectivity index is 1.60. The lowest BCUT2D eigenvalue weighted by molar-refractivity contribution is 0.241. The van der Waals surface area contributed by atoms with Crippen LogP contribution in [-0.4, -0.2) is 46.0 Å². The summed E-state index contributed by atoms with van der Waals surface area (Å²) in [5, 5.41) is 8.45. The van der Waals surface area contributed by atoms with Crippen molar-refractivity contribution in [2.45, 2.75) is 26.9 Å². The van der Waals surface area contributed by atoms with Crippen molar-refractivity contribution in [2.24, 2.45) is 0 Å². The molecular weight excluding hydrogens is 282 g/mol. The van der Waals surface area contributed by atoms with Crippen molar-refractivity contribution in [3.63, 3.8) is 0 Å². The van der Waals surface area contributed by atoms with E-state index in [-0.39, 0.29) is 5.56 Å². The number of aryl methyl sites for hydroxylation is 2. The minimum atomic E-state index is -0.0497. The standard InChI is InChI=1S/C15H21N5O2/c1-3-20-15(21)5-4-14(16-20)19-8-6-18(7-9-19)11-13-10-12(2)22-17-13/h4-5,10H,3,6-9,11H2,1-2H3. The van der Waals surface area contributed by atoms with Crippen molar-refractivity contribution >= 4 is 5.82 Å². The largest absolute Gasteiger partial charge is 0.361 e. The molecule has 0 aromatic carbocycles. The summed E-state index contributed by atoms with van der Waals surface area (Å²) in [4.78, 5) is 16.2. The zero-order chi connectivity index (χ0) is 15.5. The molecule has 0 spiro atoms. The Bertz CT molecular complexity index is 685. The van der Waals surface area contributed by atoms with Crippen LogP contribution in [0.5, 0.6) is 0 Å². The van der Waals surface area contributed by atoms with Gasteiger partial charge in [0.05, 0.1) is 5.69 Å². The third-order valence-electron chi connectivity index (χ3n) is 3.91. The summed E-state index contributed by atoms with van der Waals surface area (Å²) in [6, 6.07) is 5.38. The number of rotatable bonds is 4. The molecule has 3 heterocycles. The van der Waals surface area contributed by atoms with Crippen LogP contribution in [0.1, 0.15) is 18.4 Å². The Hall–Kier alpha value is -2.15. The summed E-state index contributed by atoms with van der Waals surface area (Å²) in [7, 11) is 0. The summed E-state index contributed by atoms with van der Waals surface area (Å²) < 4.78 is 6.60. The maximum atomic E-state index is 11.6. The molecule has 3 rings (SSSR count). The Morgan fingerprint density at radius 1 is 1.23 bits per heavy atom. The average molecular weight is 303 g/mol. The Morgan fingerprint density at radius 2 is 2.00 bits per heavy atom. The lowest BCUT2D eigenvalue weighted by Gasteiger charge is -2.34. The molecule has 7 nitrogen and oxygen atoms in total. The predicted molar refractivity (Wildman–Crippen MR) is 82.9 cm³/mol. The molecule has 1 saturated heterocycles. The number of hydrogen-bond acceptors (Lipinski definition) is 6. The summed E-state index contributed by atoms with van der Waals surface area (Å²) in [6.45, 7) is 8.92. The highest BCUT2D eigenvalue weighted by molar-refractivity contribution is 5.37. The Morgan fingerprint density at radius 3 is 2.64 bits per heavy atom. The van der Waals surface area contributed by atoms with Crippen LogP contribution >= 0.6 is 0 Å². The van der Waals surface area contributed by atoms with Crippen LogP contribution in [0, 0.1) is 6.92 Å². The van der Waals surface area contributed by atoms with Gasteiger partial charge in [-0.3, -0.25) is 9.69 Å². The Labute approximate surface area is 129 Å². The molecule has 0 saturated carbocycles. The predicted octanol–water partition coefficient (Wildman–Crippen LogP) is 0.882. The van der Waals surface area contributed by atoms with Gasteiger partial charge in [-0.15, -0.1) is 0 Å². The highest BCUT2D eigenvalue weighted by Gasteiger charge is 2.19. The average Bonchev–Trinajstić information content (AvgIpc) is 2.94. The van der Waals surface area contributed by atoms with Gasteiger partial charge in [0, 0.05) is 51.4 Å². The van der Waals surface area contributed by atoms with Gasteiger partial charge in [0.2, 0.25) is 0 Å². The second kappa shape index (κ2) is 6.31. The third-order valence-corrected chi connectivity index (χ3v) is 3.91. The first kappa shape index (κ1) is 14.8. The highest BCUT2D eigenvalue weighted by atomic mass is 16.5. The normalized spacial score (nSPS) is 16.2. The smallest absolute Gasteiger partial charge is 0.266 e. The molecule has 0 bridgehead atoms. The van der Waals surface area contributed by atoms with E-state index in [4.69, 9.17) is 4.52 Å². The molecule has 1 fully saturated rings. The van der Waals surface area contributed by atoms with E-state index < -0.39 is 0 Å². The zero-order valence-electron chi connectivity index (χ0n) is 13.0. The highest BCUT2D eigenvalue weighted by Crippen LogP contribution is 2.13. The van der Waals surface area contributed by atoms with Gasteiger partial charge in [0.25, 0.3) is 5.56 Å². The molecule has 0 atom stereocenters. The van der Waals surface area contributed by atoms with Crippen molar-refractivity contribution in [1.82, 2.24) is 19.8 Å². The number of aromatic nitrogens is 3. The van der Waals surface area contributed by atoms with Crippen molar-refractivity contribution in [1.29, 1.82) is 0 Å². The van der Waals surface area contributed by atoms with Crippen LogP contribution in [0.15, 0.2) is 27.5 Å². The van der Waals surface area contributed by atoms with Crippen LogP contribution in [0.3, 0.4) is 0 Å². The molecule has 0 radical (unpaired) electrons. The molecule has 0 N–H and O–H groups in total. The molecule has 22 heavy (non-hydrogen) atoms. The molecule has 0 aliphatic carbocycles. The van der Waals surface area contributed by atoms with Gasteiger partial charge in [-0.05, 0) is 19.9 Å². The lowest BCUT2D eigenvalue weighted by atomic mass is 10.2. The van der Waals surface area contributed by atoms with Crippen LogP contribution < -0.4 is 10.5 Å². The second-order valence-electron chi connectivity index (χ2n) is 5.54. The number of anilines is 1. The first-order chi connectivity index (χ1) is 10.7. The monoisotopic (exact) mass is 303 g/mol.